The van der Waals surface area contributed by atoms with E-state index in [1.54, 1.807) is 12.1 Å². The van der Waals surface area contributed by atoms with Gasteiger partial charge in [-0.2, -0.15) is 0 Å². The van der Waals surface area contributed by atoms with Crippen LogP contribution in [-0.4, -0.2) is 17.7 Å². The zero-order chi connectivity index (χ0) is 13.0. The second kappa shape index (κ2) is 6.24. The highest BCUT2D eigenvalue weighted by Crippen LogP contribution is 2.31. The van der Waals surface area contributed by atoms with Crippen LogP contribution < -0.4 is 5.32 Å². The van der Waals surface area contributed by atoms with E-state index >= 15 is 0 Å². The molecule has 3 atom stereocenters. The SMILES string of the molecule is CCNC1CCC(C)CC1Cc1ccc(O)cc1. The Balaban J connectivity index is 2.01. The summed E-state index contributed by atoms with van der Waals surface area (Å²) in [5.74, 6) is 1.94. The molecule has 2 heteroatoms. The number of nitrogens with one attached hydrogen (secondary N) is 1. The minimum Gasteiger partial charge on any atom is -0.508 e. The molecule has 18 heavy (non-hydrogen) atoms. The molecule has 0 heterocycles. The molecule has 0 aliphatic heterocycles. The molecule has 1 saturated carbocycles. The van der Waals surface area contributed by atoms with Crippen LogP contribution >= 0.6 is 0 Å². The molecule has 2 rings (SSSR count). The number of phenols is 1. The maximum absolute atomic E-state index is 9.33. The Morgan fingerprint density at radius 2 is 1.94 bits per heavy atom. The van der Waals surface area contributed by atoms with Crippen LogP contribution in [-0.2, 0) is 6.42 Å². The van der Waals surface area contributed by atoms with Crippen molar-refractivity contribution in [2.24, 2.45) is 11.8 Å². The Labute approximate surface area is 110 Å². The van der Waals surface area contributed by atoms with Gasteiger partial charge in [-0.1, -0.05) is 26.0 Å². The molecule has 0 bridgehead atoms. The average Bonchev–Trinajstić information content (AvgIpc) is 2.36. The number of rotatable bonds is 4. The Morgan fingerprint density at radius 3 is 2.61 bits per heavy atom. The summed E-state index contributed by atoms with van der Waals surface area (Å²) in [4.78, 5) is 0. The molecule has 0 amide bonds. The van der Waals surface area contributed by atoms with Gasteiger partial charge in [0.15, 0.2) is 0 Å². The van der Waals surface area contributed by atoms with Gasteiger partial charge in [-0.3, -0.25) is 0 Å². The molecule has 0 radical (unpaired) electrons. The van der Waals surface area contributed by atoms with Gasteiger partial charge in [0.1, 0.15) is 5.75 Å². The number of hydrogen-bond acceptors (Lipinski definition) is 2. The van der Waals surface area contributed by atoms with Crippen molar-refractivity contribution in [2.45, 2.75) is 45.6 Å². The molecule has 2 N–H and O–H groups in total. The third-order valence-electron chi connectivity index (χ3n) is 4.15. The molecule has 100 valence electrons. The lowest BCUT2D eigenvalue weighted by Gasteiger charge is -2.35. The molecular weight excluding hydrogens is 222 g/mol. The van der Waals surface area contributed by atoms with E-state index in [2.05, 4.69) is 31.3 Å². The van der Waals surface area contributed by atoms with Crippen molar-refractivity contribution < 1.29 is 5.11 Å². The summed E-state index contributed by atoms with van der Waals surface area (Å²) in [6.07, 6.45) is 5.10. The Hall–Kier alpha value is -1.02. The molecular formula is C16H25NO. The average molecular weight is 247 g/mol. The lowest BCUT2D eigenvalue weighted by Crippen LogP contribution is -2.41. The van der Waals surface area contributed by atoms with Gasteiger partial charge in [-0.05, 0) is 61.8 Å². The molecule has 3 unspecified atom stereocenters. The standard InChI is InChI=1S/C16H25NO/c1-3-17-16-9-4-12(2)10-14(16)11-13-5-7-15(18)8-6-13/h5-8,12,14,16-18H,3-4,9-11H2,1-2H3. The van der Waals surface area contributed by atoms with Crippen molar-refractivity contribution in [3.05, 3.63) is 29.8 Å². The summed E-state index contributed by atoms with van der Waals surface area (Å²) < 4.78 is 0. The first-order valence-electron chi connectivity index (χ1n) is 7.20. The summed E-state index contributed by atoms with van der Waals surface area (Å²) in [6.45, 7) is 5.62. The van der Waals surface area contributed by atoms with Crippen LogP contribution in [0.2, 0.25) is 0 Å². The summed E-state index contributed by atoms with van der Waals surface area (Å²) >= 11 is 0. The minimum atomic E-state index is 0.360. The van der Waals surface area contributed by atoms with Crippen LogP contribution in [0.5, 0.6) is 5.75 Å². The number of hydrogen-bond donors (Lipinski definition) is 2. The van der Waals surface area contributed by atoms with E-state index < -0.39 is 0 Å². The monoisotopic (exact) mass is 247 g/mol. The van der Waals surface area contributed by atoms with Gasteiger partial charge in [-0.25, -0.2) is 0 Å². The van der Waals surface area contributed by atoms with Crippen molar-refractivity contribution in [3.8, 4) is 5.75 Å². The van der Waals surface area contributed by atoms with E-state index in [1.807, 2.05) is 0 Å². The van der Waals surface area contributed by atoms with Crippen LogP contribution in [0.15, 0.2) is 24.3 Å². The van der Waals surface area contributed by atoms with E-state index in [0.29, 0.717) is 11.8 Å². The third kappa shape index (κ3) is 3.49. The fourth-order valence-corrected chi connectivity index (χ4v) is 3.19. The maximum atomic E-state index is 9.33. The Morgan fingerprint density at radius 1 is 1.22 bits per heavy atom. The van der Waals surface area contributed by atoms with Gasteiger partial charge >= 0.3 is 0 Å². The highest BCUT2D eigenvalue weighted by Gasteiger charge is 2.27. The third-order valence-corrected chi connectivity index (χ3v) is 4.15. The van der Waals surface area contributed by atoms with Gasteiger partial charge in [0, 0.05) is 6.04 Å². The van der Waals surface area contributed by atoms with Crippen molar-refractivity contribution in [1.82, 2.24) is 5.32 Å². The van der Waals surface area contributed by atoms with E-state index in [4.69, 9.17) is 0 Å². The first-order chi connectivity index (χ1) is 8.69. The van der Waals surface area contributed by atoms with Crippen molar-refractivity contribution in [3.63, 3.8) is 0 Å². The molecule has 1 aromatic rings. The second-order valence-corrected chi connectivity index (χ2v) is 5.71. The quantitative estimate of drug-likeness (QED) is 0.855. The second-order valence-electron chi connectivity index (χ2n) is 5.71. The van der Waals surface area contributed by atoms with E-state index in [1.165, 1.54) is 24.8 Å². The number of benzene rings is 1. The topological polar surface area (TPSA) is 32.3 Å². The van der Waals surface area contributed by atoms with Crippen LogP contribution in [0.3, 0.4) is 0 Å². The smallest absolute Gasteiger partial charge is 0.115 e. The normalized spacial score (nSPS) is 28.2. The predicted octanol–water partition coefficient (Wildman–Crippen LogP) is 3.35. The van der Waals surface area contributed by atoms with Crippen LogP contribution in [0.4, 0.5) is 0 Å². The Kier molecular flexibility index (Phi) is 4.65. The van der Waals surface area contributed by atoms with E-state index in [9.17, 15) is 5.11 Å². The van der Waals surface area contributed by atoms with Crippen LogP contribution in [0, 0.1) is 11.8 Å². The lowest BCUT2D eigenvalue weighted by atomic mass is 9.76. The molecule has 1 aliphatic carbocycles. The fraction of sp³-hybridized carbons (Fsp3) is 0.625. The molecule has 1 aromatic carbocycles. The highest BCUT2D eigenvalue weighted by atomic mass is 16.3. The van der Waals surface area contributed by atoms with Crippen molar-refractivity contribution >= 4 is 0 Å². The highest BCUT2D eigenvalue weighted by molar-refractivity contribution is 5.26. The molecule has 1 aliphatic rings. The lowest BCUT2D eigenvalue weighted by molar-refractivity contribution is 0.214. The minimum absolute atomic E-state index is 0.360. The molecule has 0 spiro atoms. The summed E-state index contributed by atoms with van der Waals surface area (Å²) in [5.41, 5.74) is 1.34. The zero-order valence-corrected chi connectivity index (χ0v) is 11.5. The van der Waals surface area contributed by atoms with Crippen molar-refractivity contribution in [1.29, 1.82) is 0 Å². The zero-order valence-electron chi connectivity index (χ0n) is 11.5. The van der Waals surface area contributed by atoms with Gasteiger partial charge in [0.05, 0.1) is 0 Å². The van der Waals surface area contributed by atoms with Crippen LogP contribution in [0.25, 0.3) is 0 Å². The van der Waals surface area contributed by atoms with Gasteiger partial charge in [0.2, 0.25) is 0 Å². The number of aromatic hydroxyl groups is 1. The largest absolute Gasteiger partial charge is 0.508 e. The fourth-order valence-electron chi connectivity index (χ4n) is 3.19. The van der Waals surface area contributed by atoms with Gasteiger partial charge in [0.25, 0.3) is 0 Å². The number of phenolic OH excluding ortho intramolecular Hbond substituents is 1. The van der Waals surface area contributed by atoms with Crippen molar-refractivity contribution in [2.75, 3.05) is 6.54 Å². The summed E-state index contributed by atoms with van der Waals surface area (Å²) in [5, 5.41) is 13.0. The maximum Gasteiger partial charge on any atom is 0.115 e. The summed E-state index contributed by atoms with van der Waals surface area (Å²) in [6, 6.07) is 8.36. The molecule has 1 fully saturated rings. The Bertz CT molecular complexity index is 360. The first-order valence-corrected chi connectivity index (χ1v) is 7.20. The van der Waals surface area contributed by atoms with E-state index in [0.717, 1.165) is 24.8 Å². The van der Waals surface area contributed by atoms with E-state index in [-0.39, 0.29) is 0 Å². The summed E-state index contributed by atoms with van der Waals surface area (Å²) in [7, 11) is 0. The van der Waals surface area contributed by atoms with Gasteiger partial charge < -0.3 is 10.4 Å². The first kappa shape index (κ1) is 13.4. The van der Waals surface area contributed by atoms with Crippen LogP contribution in [0.1, 0.15) is 38.7 Å². The van der Waals surface area contributed by atoms with Gasteiger partial charge in [-0.15, -0.1) is 0 Å². The molecule has 0 saturated heterocycles. The molecule has 2 nitrogen and oxygen atoms in total. The molecule has 0 aromatic heterocycles. The predicted molar refractivity (Wildman–Crippen MR) is 75.8 cm³/mol.